The molecule has 0 unspecified atom stereocenters. The summed E-state index contributed by atoms with van der Waals surface area (Å²) in [6, 6.07) is 15.4. The Kier molecular flexibility index (Phi) is 8.25. The predicted molar refractivity (Wildman–Crippen MR) is 116 cm³/mol. The Balaban J connectivity index is 2.41. The molecule has 4 nitrogen and oxygen atoms in total. The second kappa shape index (κ2) is 10.2. The first-order valence-corrected chi connectivity index (χ1v) is 11.2. The second-order valence-corrected chi connectivity index (χ2v) is 9.70. The van der Waals surface area contributed by atoms with E-state index in [1.54, 1.807) is 12.1 Å². The van der Waals surface area contributed by atoms with E-state index in [0.29, 0.717) is 11.4 Å². The standard InChI is InChI=1S/C22H28ClNO3S/c1-17(2)13-21(16-25)24(15-18(3)14-19-7-5-4-6-8-19)28(26,27)22-11-9-20(23)10-12-22/h4-12,14,17,21,25H,13,15-16H2,1-3H3/b18-14+/t21-/m0/s1. The largest absolute Gasteiger partial charge is 0.395 e. The Morgan fingerprint density at radius 3 is 2.25 bits per heavy atom. The number of aliphatic hydroxyl groups excluding tert-OH is 1. The Morgan fingerprint density at radius 2 is 1.71 bits per heavy atom. The molecular weight excluding hydrogens is 394 g/mol. The fourth-order valence-electron chi connectivity index (χ4n) is 3.10. The summed E-state index contributed by atoms with van der Waals surface area (Å²) in [6.07, 6.45) is 2.54. The zero-order valence-electron chi connectivity index (χ0n) is 16.5. The third-order valence-corrected chi connectivity index (χ3v) is 6.56. The molecule has 0 bridgehead atoms. The highest BCUT2D eigenvalue weighted by Crippen LogP contribution is 2.25. The van der Waals surface area contributed by atoms with Gasteiger partial charge in [0.05, 0.1) is 11.5 Å². The van der Waals surface area contributed by atoms with Gasteiger partial charge in [0, 0.05) is 17.6 Å². The van der Waals surface area contributed by atoms with Crippen molar-refractivity contribution >= 4 is 27.7 Å². The number of sulfonamides is 1. The van der Waals surface area contributed by atoms with Crippen LogP contribution in [0.15, 0.2) is 65.1 Å². The predicted octanol–water partition coefficient (Wildman–Crippen LogP) is 4.84. The van der Waals surface area contributed by atoms with Crippen LogP contribution in [0.5, 0.6) is 0 Å². The number of halogens is 1. The van der Waals surface area contributed by atoms with Gasteiger partial charge in [0.2, 0.25) is 10.0 Å². The Hall–Kier alpha value is -1.66. The van der Waals surface area contributed by atoms with E-state index < -0.39 is 16.1 Å². The number of hydrogen-bond donors (Lipinski definition) is 1. The molecule has 28 heavy (non-hydrogen) atoms. The summed E-state index contributed by atoms with van der Waals surface area (Å²) in [4.78, 5) is 0.173. The van der Waals surface area contributed by atoms with E-state index >= 15 is 0 Å². The monoisotopic (exact) mass is 421 g/mol. The Labute approximate surface area is 173 Å². The lowest BCUT2D eigenvalue weighted by Crippen LogP contribution is -2.44. The van der Waals surface area contributed by atoms with Gasteiger partial charge in [0.15, 0.2) is 0 Å². The second-order valence-electron chi connectivity index (χ2n) is 7.37. The van der Waals surface area contributed by atoms with Crippen LogP contribution in [0.2, 0.25) is 5.02 Å². The fraction of sp³-hybridized carbons (Fsp3) is 0.364. The minimum absolute atomic E-state index is 0.173. The van der Waals surface area contributed by atoms with E-state index in [-0.39, 0.29) is 24.0 Å². The molecule has 0 heterocycles. The normalized spacial score (nSPS) is 13.9. The molecule has 0 saturated heterocycles. The van der Waals surface area contributed by atoms with Gasteiger partial charge in [-0.25, -0.2) is 8.42 Å². The number of benzene rings is 2. The van der Waals surface area contributed by atoms with Crippen molar-refractivity contribution < 1.29 is 13.5 Å². The molecule has 0 aliphatic carbocycles. The van der Waals surface area contributed by atoms with E-state index in [0.717, 1.165) is 11.1 Å². The van der Waals surface area contributed by atoms with Crippen LogP contribution in [-0.2, 0) is 10.0 Å². The molecular formula is C22H28ClNO3S. The van der Waals surface area contributed by atoms with Crippen LogP contribution in [0, 0.1) is 5.92 Å². The van der Waals surface area contributed by atoms with Crippen molar-refractivity contribution in [3.05, 3.63) is 70.8 Å². The molecule has 0 aromatic heterocycles. The van der Waals surface area contributed by atoms with E-state index in [1.165, 1.54) is 16.4 Å². The molecule has 152 valence electrons. The lowest BCUT2D eigenvalue weighted by Gasteiger charge is -2.31. The minimum Gasteiger partial charge on any atom is -0.395 e. The topological polar surface area (TPSA) is 57.6 Å². The third-order valence-electron chi connectivity index (χ3n) is 4.40. The van der Waals surface area contributed by atoms with E-state index in [2.05, 4.69) is 0 Å². The molecule has 0 aliphatic heterocycles. The molecule has 2 aromatic carbocycles. The van der Waals surface area contributed by atoms with Crippen molar-refractivity contribution in [1.82, 2.24) is 4.31 Å². The SMILES string of the molecule is C/C(=C\c1ccccc1)CN([C@H](CO)CC(C)C)S(=O)(=O)c1ccc(Cl)cc1. The maximum Gasteiger partial charge on any atom is 0.243 e. The van der Waals surface area contributed by atoms with Gasteiger partial charge >= 0.3 is 0 Å². The van der Waals surface area contributed by atoms with Crippen molar-refractivity contribution in [2.24, 2.45) is 5.92 Å². The summed E-state index contributed by atoms with van der Waals surface area (Å²) in [6.45, 7) is 5.91. The number of rotatable bonds is 9. The highest BCUT2D eigenvalue weighted by Gasteiger charge is 2.31. The van der Waals surface area contributed by atoms with Crippen LogP contribution in [0.1, 0.15) is 32.8 Å². The molecule has 0 fully saturated rings. The van der Waals surface area contributed by atoms with Gasteiger partial charge in [-0.3, -0.25) is 0 Å². The fourth-order valence-corrected chi connectivity index (χ4v) is 4.90. The van der Waals surface area contributed by atoms with Gasteiger partial charge in [-0.1, -0.05) is 67.4 Å². The van der Waals surface area contributed by atoms with Gasteiger partial charge in [0.25, 0.3) is 0 Å². The Morgan fingerprint density at radius 1 is 1.11 bits per heavy atom. The summed E-state index contributed by atoms with van der Waals surface area (Å²) in [7, 11) is -3.79. The van der Waals surface area contributed by atoms with Gasteiger partial charge in [-0.15, -0.1) is 0 Å². The molecule has 0 spiro atoms. The van der Waals surface area contributed by atoms with Gasteiger partial charge in [-0.2, -0.15) is 4.31 Å². The summed E-state index contributed by atoms with van der Waals surface area (Å²) in [5, 5.41) is 10.4. The van der Waals surface area contributed by atoms with Gasteiger partial charge < -0.3 is 5.11 Å². The summed E-state index contributed by atoms with van der Waals surface area (Å²) >= 11 is 5.92. The summed E-state index contributed by atoms with van der Waals surface area (Å²) < 4.78 is 28.1. The molecule has 0 amide bonds. The molecule has 0 aliphatic rings. The molecule has 2 aromatic rings. The highest BCUT2D eigenvalue weighted by atomic mass is 35.5. The van der Waals surface area contributed by atoms with Crippen LogP contribution >= 0.6 is 11.6 Å². The van der Waals surface area contributed by atoms with Crippen molar-refractivity contribution in [1.29, 1.82) is 0 Å². The van der Waals surface area contributed by atoms with Gasteiger partial charge in [-0.05, 0) is 49.1 Å². The van der Waals surface area contributed by atoms with Crippen molar-refractivity contribution in [3.63, 3.8) is 0 Å². The van der Waals surface area contributed by atoms with Crippen LogP contribution in [-0.4, -0.2) is 37.0 Å². The third kappa shape index (κ3) is 6.17. The minimum atomic E-state index is -3.79. The first-order chi connectivity index (χ1) is 13.2. The Bertz CT molecular complexity index is 878. The van der Waals surface area contributed by atoms with E-state index in [1.807, 2.05) is 57.2 Å². The maximum absolute atomic E-state index is 13.4. The lowest BCUT2D eigenvalue weighted by atomic mass is 10.0. The average Bonchev–Trinajstić information content (AvgIpc) is 2.65. The quantitative estimate of drug-likeness (QED) is 0.630. The van der Waals surface area contributed by atoms with Crippen LogP contribution in [0.3, 0.4) is 0 Å². The highest BCUT2D eigenvalue weighted by molar-refractivity contribution is 7.89. The van der Waals surface area contributed by atoms with Crippen LogP contribution in [0.25, 0.3) is 6.08 Å². The molecule has 1 N–H and O–H groups in total. The average molecular weight is 422 g/mol. The van der Waals surface area contributed by atoms with E-state index in [9.17, 15) is 13.5 Å². The van der Waals surface area contributed by atoms with E-state index in [4.69, 9.17) is 11.6 Å². The molecule has 6 heteroatoms. The number of hydrogen-bond acceptors (Lipinski definition) is 3. The van der Waals surface area contributed by atoms with Crippen molar-refractivity contribution in [2.75, 3.05) is 13.2 Å². The molecule has 0 radical (unpaired) electrons. The lowest BCUT2D eigenvalue weighted by molar-refractivity contribution is 0.173. The van der Waals surface area contributed by atoms with Crippen molar-refractivity contribution in [3.8, 4) is 0 Å². The number of nitrogens with zero attached hydrogens (tertiary/aromatic N) is 1. The van der Waals surface area contributed by atoms with Gasteiger partial charge in [0.1, 0.15) is 0 Å². The molecule has 1 atom stereocenters. The van der Waals surface area contributed by atoms with Crippen LogP contribution < -0.4 is 0 Å². The summed E-state index contributed by atoms with van der Waals surface area (Å²) in [5.74, 6) is 0.249. The first-order valence-electron chi connectivity index (χ1n) is 9.34. The zero-order chi connectivity index (χ0) is 20.7. The first kappa shape index (κ1) is 22.6. The van der Waals surface area contributed by atoms with Crippen LogP contribution in [0.4, 0.5) is 0 Å². The smallest absolute Gasteiger partial charge is 0.243 e. The molecule has 2 rings (SSSR count). The number of aliphatic hydroxyl groups is 1. The zero-order valence-corrected chi connectivity index (χ0v) is 18.1. The van der Waals surface area contributed by atoms with Crippen molar-refractivity contribution in [2.45, 2.75) is 38.1 Å². The maximum atomic E-state index is 13.4. The summed E-state index contributed by atoms with van der Waals surface area (Å²) in [5.41, 5.74) is 1.90. The molecule has 0 saturated carbocycles.